The predicted molar refractivity (Wildman–Crippen MR) is 100 cm³/mol. The molecule has 6 nitrogen and oxygen atoms in total. The number of carbonyl (C=O) groups is 2. The van der Waals surface area contributed by atoms with E-state index in [9.17, 15) is 9.59 Å². The third-order valence-corrected chi connectivity index (χ3v) is 4.77. The maximum absolute atomic E-state index is 12.9. The van der Waals surface area contributed by atoms with Crippen LogP contribution in [0.5, 0.6) is 11.5 Å². The quantitative estimate of drug-likeness (QED) is 0.650. The number of nitrogens with one attached hydrogen (secondary N) is 1. The van der Waals surface area contributed by atoms with Gasteiger partial charge in [0.05, 0.1) is 14.2 Å². The zero-order valence-electron chi connectivity index (χ0n) is 16.3. The molecule has 0 radical (unpaired) electrons. The van der Waals surface area contributed by atoms with Gasteiger partial charge < -0.3 is 19.7 Å². The van der Waals surface area contributed by atoms with Crippen LogP contribution < -0.4 is 14.8 Å². The van der Waals surface area contributed by atoms with E-state index in [0.29, 0.717) is 44.0 Å². The molecule has 1 fully saturated rings. The third kappa shape index (κ3) is 4.29. The van der Waals surface area contributed by atoms with E-state index in [2.05, 4.69) is 5.32 Å². The standard InChI is InChI=1S/C20H30N2O4/c1-5-11-22(12-6-2)19(24)20(9-10-20)18(23)21-14-15-7-8-16(25-3)17(13-15)26-4/h7-8,13H,5-6,9-12,14H2,1-4H3,(H,21,23). The van der Waals surface area contributed by atoms with Crippen molar-refractivity contribution in [3.05, 3.63) is 23.8 Å². The van der Waals surface area contributed by atoms with Gasteiger partial charge in [0.2, 0.25) is 11.8 Å². The summed E-state index contributed by atoms with van der Waals surface area (Å²) in [6, 6.07) is 5.52. The summed E-state index contributed by atoms with van der Waals surface area (Å²) in [6.45, 7) is 5.86. The maximum atomic E-state index is 12.9. The Labute approximate surface area is 155 Å². The molecule has 0 atom stereocenters. The van der Waals surface area contributed by atoms with Gasteiger partial charge in [-0.25, -0.2) is 0 Å². The van der Waals surface area contributed by atoms with Crippen molar-refractivity contribution in [2.45, 2.75) is 46.1 Å². The van der Waals surface area contributed by atoms with E-state index in [-0.39, 0.29) is 11.8 Å². The van der Waals surface area contributed by atoms with Gasteiger partial charge in [-0.1, -0.05) is 19.9 Å². The van der Waals surface area contributed by atoms with Crippen LogP contribution in [0.15, 0.2) is 18.2 Å². The van der Waals surface area contributed by atoms with Crippen LogP contribution in [0.3, 0.4) is 0 Å². The van der Waals surface area contributed by atoms with Crippen LogP contribution in [-0.2, 0) is 16.1 Å². The van der Waals surface area contributed by atoms with Crippen LogP contribution >= 0.6 is 0 Å². The molecule has 1 aromatic rings. The van der Waals surface area contributed by atoms with Crippen LogP contribution in [-0.4, -0.2) is 44.0 Å². The molecule has 0 aromatic heterocycles. The van der Waals surface area contributed by atoms with E-state index in [4.69, 9.17) is 9.47 Å². The first-order valence-electron chi connectivity index (χ1n) is 9.31. The highest BCUT2D eigenvalue weighted by Crippen LogP contribution is 2.47. The van der Waals surface area contributed by atoms with Gasteiger partial charge in [0.15, 0.2) is 11.5 Å². The third-order valence-electron chi connectivity index (χ3n) is 4.77. The van der Waals surface area contributed by atoms with Crippen molar-refractivity contribution >= 4 is 11.8 Å². The molecule has 0 aliphatic heterocycles. The van der Waals surface area contributed by atoms with Crippen LogP contribution in [0.2, 0.25) is 0 Å². The number of hydrogen-bond donors (Lipinski definition) is 1. The van der Waals surface area contributed by atoms with E-state index in [1.807, 2.05) is 36.9 Å². The number of hydrogen-bond acceptors (Lipinski definition) is 4. The first-order valence-corrected chi connectivity index (χ1v) is 9.31. The lowest BCUT2D eigenvalue weighted by atomic mass is 10.0. The molecule has 2 amide bonds. The van der Waals surface area contributed by atoms with Crippen molar-refractivity contribution in [3.63, 3.8) is 0 Å². The molecule has 1 N–H and O–H groups in total. The van der Waals surface area contributed by atoms with Crippen LogP contribution in [0.25, 0.3) is 0 Å². The second-order valence-electron chi connectivity index (χ2n) is 6.75. The molecule has 26 heavy (non-hydrogen) atoms. The minimum Gasteiger partial charge on any atom is -0.493 e. The molecule has 0 saturated heterocycles. The smallest absolute Gasteiger partial charge is 0.238 e. The number of carbonyl (C=O) groups excluding carboxylic acids is 2. The fourth-order valence-electron chi connectivity index (χ4n) is 3.16. The van der Waals surface area contributed by atoms with E-state index in [1.54, 1.807) is 14.2 Å². The average Bonchev–Trinajstić information content (AvgIpc) is 3.47. The van der Waals surface area contributed by atoms with Gasteiger partial charge in [0, 0.05) is 19.6 Å². The van der Waals surface area contributed by atoms with E-state index in [0.717, 1.165) is 18.4 Å². The zero-order valence-corrected chi connectivity index (χ0v) is 16.3. The van der Waals surface area contributed by atoms with Crippen molar-refractivity contribution in [2.24, 2.45) is 5.41 Å². The summed E-state index contributed by atoms with van der Waals surface area (Å²) >= 11 is 0. The molecule has 0 bridgehead atoms. The van der Waals surface area contributed by atoms with E-state index in [1.165, 1.54) is 0 Å². The average molecular weight is 362 g/mol. The molecule has 1 aliphatic rings. The van der Waals surface area contributed by atoms with Gasteiger partial charge in [0.1, 0.15) is 5.41 Å². The molecule has 1 aromatic carbocycles. The lowest BCUT2D eigenvalue weighted by Crippen LogP contribution is -2.45. The van der Waals surface area contributed by atoms with Gasteiger partial charge in [0.25, 0.3) is 0 Å². The molecule has 0 heterocycles. The fraction of sp³-hybridized carbons (Fsp3) is 0.600. The van der Waals surface area contributed by atoms with Gasteiger partial charge in [-0.15, -0.1) is 0 Å². The second kappa shape index (κ2) is 8.92. The van der Waals surface area contributed by atoms with Gasteiger partial charge in [-0.05, 0) is 43.4 Å². The van der Waals surface area contributed by atoms with Crippen molar-refractivity contribution in [1.29, 1.82) is 0 Å². The minimum atomic E-state index is -0.860. The van der Waals surface area contributed by atoms with Crippen LogP contribution in [0.1, 0.15) is 45.1 Å². The highest BCUT2D eigenvalue weighted by molar-refractivity contribution is 6.07. The summed E-state index contributed by atoms with van der Waals surface area (Å²) in [6.07, 6.45) is 3.06. The summed E-state index contributed by atoms with van der Waals surface area (Å²) in [5, 5.41) is 2.93. The molecule has 0 unspecified atom stereocenters. The predicted octanol–water partition coefficient (Wildman–Crippen LogP) is 2.75. The van der Waals surface area contributed by atoms with Crippen LogP contribution in [0, 0.1) is 5.41 Å². The number of amides is 2. The number of ether oxygens (including phenoxy) is 2. The Kier molecular flexibility index (Phi) is 6.89. The van der Waals surface area contributed by atoms with Crippen molar-refractivity contribution < 1.29 is 19.1 Å². The number of methoxy groups -OCH3 is 2. The minimum absolute atomic E-state index is 0.0222. The Morgan fingerprint density at radius 3 is 2.19 bits per heavy atom. The molecular weight excluding hydrogens is 332 g/mol. The van der Waals surface area contributed by atoms with Gasteiger partial charge in [-0.2, -0.15) is 0 Å². The first kappa shape index (κ1) is 20.1. The molecular formula is C20H30N2O4. The highest BCUT2D eigenvalue weighted by Gasteiger charge is 2.57. The highest BCUT2D eigenvalue weighted by atomic mass is 16.5. The number of nitrogens with zero attached hydrogens (tertiary/aromatic N) is 1. The first-order chi connectivity index (χ1) is 12.5. The largest absolute Gasteiger partial charge is 0.493 e. The summed E-state index contributed by atoms with van der Waals surface area (Å²) in [4.78, 5) is 27.4. The van der Waals surface area contributed by atoms with Crippen molar-refractivity contribution in [1.82, 2.24) is 10.2 Å². The molecule has 1 aliphatic carbocycles. The van der Waals surface area contributed by atoms with Crippen LogP contribution in [0.4, 0.5) is 0 Å². The SMILES string of the molecule is CCCN(CCC)C(=O)C1(C(=O)NCc2ccc(OC)c(OC)c2)CC1. The Bertz CT molecular complexity index is 635. The van der Waals surface area contributed by atoms with Gasteiger partial charge >= 0.3 is 0 Å². The maximum Gasteiger partial charge on any atom is 0.238 e. The van der Waals surface area contributed by atoms with Gasteiger partial charge in [-0.3, -0.25) is 9.59 Å². The lowest BCUT2D eigenvalue weighted by molar-refractivity contribution is -0.144. The summed E-state index contributed by atoms with van der Waals surface area (Å²) in [5.41, 5.74) is 0.0409. The summed E-state index contributed by atoms with van der Waals surface area (Å²) < 4.78 is 10.5. The second-order valence-corrected chi connectivity index (χ2v) is 6.75. The Balaban J connectivity index is 2.01. The monoisotopic (exact) mass is 362 g/mol. The Morgan fingerprint density at radius 2 is 1.69 bits per heavy atom. The Hall–Kier alpha value is -2.24. The molecule has 1 saturated carbocycles. The number of rotatable bonds is 10. The Morgan fingerprint density at radius 1 is 1.08 bits per heavy atom. The topological polar surface area (TPSA) is 67.9 Å². The van der Waals surface area contributed by atoms with E-state index < -0.39 is 5.41 Å². The molecule has 144 valence electrons. The summed E-state index contributed by atoms with van der Waals surface area (Å²) in [5.74, 6) is 1.07. The number of benzene rings is 1. The fourth-order valence-corrected chi connectivity index (χ4v) is 3.16. The summed E-state index contributed by atoms with van der Waals surface area (Å²) in [7, 11) is 3.16. The van der Waals surface area contributed by atoms with Crippen molar-refractivity contribution in [3.8, 4) is 11.5 Å². The van der Waals surface area contributed by atoms with E-state index >= 15 is 0 Å². The zero-order chi connectivity index (χ0) is 19.2. The molecule has 0 spiro atoms. The molecule has 2 rings (SSSR count). The van der Waals surface area contributed by atoms with Crippen molar-refractivity contribution in [2.75, 3.05) is 27.3 Å². The normalized spacial score (nSPS) is 14.5. The lowest BCUT2D eigenvalue weighted by Gasteiger charge is -2.26. The molecule has 6 heteroatoms.